The molecule has 0 saturated heterocycles. The fourth-order valence-electron chi connectivity index (χ4n) is 4.42. The van der Waals surface area contributed by atoms with E-state index in [4.69, 9.17) is 4.74 Å². The number of aromatic nitrogens is 1. The highest BCUT2D eigenvalue weighted by Gasteiger charge is 2.32. The number of carbonyl (C=O) groups is 2. The molecule has 176 valence electrons. The smallest absolute Gasteiger partial charge is 0.261 e. The van der Waals surface area contributed by atoms with Gasteiger partial charge in [0.2, 0.25) is 5.91 Å². The third-order valence-electron chi connectivity index (χ3n) is 6.18. The number of hydrogen-bond acceptors (Lipinski definition) is 4. The maximum atomic E-state index is 12.8. The number of nitrogens with one attached hydrogen (secondary N) is 1. The third-order valence-corrected chi connectivity index (χ3v) is 6.18. The van der Waals surface area contributed by atoms with Crippen molar-refractivity contribution in [1.82, 2.24) is 15.2 Å². The minimum absolute atomic E-state index is 0.130. The normalized spacial score (nSPS) is 15.9. The van der Waals surface area contributed by atoms with Crippen molar-refractivity contribution in [1.29, 1.82) is 0 Å². The van der Waals surface area contributed by atoms with Crippen LogP contribution >= 0.6 is 0 Å². The number of amides is 2. The minimum atomic E-state index is -0.670. The van der Waals surface area contributed by atoms with Crippen LogP contribution in [0.25, 0.3) is 0 Å². The Bertz CT molecular complexity index is 1160. The first-order valence-electron chi connectivity index (χ1n) is 11.8. The van der Waals surface area contributed by atoms with Gasteiger partial charge in [-0.2, -0.15) is 0 Å². The Morgan fingerprint density at radius 2 is 2.00 bits per heavy atom. The van der Waals surface area contributed by atoms with Gasteiger partial charge in [-0.1, -0.05) is 48.9 Å². The van der Waals surface area contributed by atoms with Crippen LogP contribution in [0.15, 0.2) is 66.9 Å². The quantitative estimate of drug-likeness (QED) is 0.572. The first-order valence-corrected chi connectivity index (χ1v) is 11.8. The Morgan fingerprint density at radius 3 is 2.74 bits per heavy atom. The molecule has 3 aromatic rings. The molecular formula is C28H31N3O3. The molecule has 1 aromatic heterocycles. The SMILES string of the molecule is CCC(=O)N1CCc2ccc(OC(C)C(=O)NCc3ccccn3)cc2C1c1cccc(C)c1. The molecule has 0 bridgehead atoms. The summed E-state index contributed by atoms with van der Waals surface area (Å²) in [4.78, 5) is 31.6. The molecular weight excluding hydrogens is 426 g/mol. The molecule has 0 saturated carbocycles. The van der Waals surface area contributed by atoms with Gasteiger partial charge in [-0.3, -0.25) is 14.6 Å². The first kappa shape index (κ1) is 23.5. The summed E-state index contributed by atoms with van der Waals surface area (Å²) >= 11 is 0. The van der Waals surface area contributed by atoms with E-state index < -0.39 is 6.10 Å². The number of carbonyl (C=O) groups excluding carboxylic acids is 2. The summed E-state index contributed by atoms with van der Waals surface area (Å²) in [6, 6.07) is 19.7. The van der Waals surface area contributed by atoms with E-state index in [-0.39, 0.29) is 17.9 Å². The molecule has 0 fully saturated rings. The summed E-state index contributed by atoms with van der Waals surface area (Å²) in [6.45, 7) is 6.73. The molecule has 1 aliphatic heterocycles. The number of hydrogen-bond donors (Lipinski definition) is 1. The second-order valence-electron chi connectivity index (χ2n) is 8.67. The van der Waals surface area contributed by atoms with Gasteiger partial charge in [0.15, 0.2) is 6.10 Å². The second kappa shape index (κ2) is 10.5. The Hall–Kier alpha value is -3.67. The molecule has 0 radical (unpaired) electrons. The van der Waals surface area contributed by atoms with Crippen LogP contribution in [0.5, 0.6) is 5.75 Å². The first-order chi connectivity index (χ1) is 16.5. The van der Waals surface area contributed by atoms with Crippen molar-refractivity contribution < 1.29 is 14.3 Å². The van der Waals surface area contributed by atoms with E-state index in [0.717, 1.165) is 28.8 Å². The zero-order valence-corrected chi connectivity index (χ0v) is 20.0. The maximum absolute atomic E-state index is 12.8. The van der Waals surface area contributed by atoms with Gasteiger partial charge >= 0.3 is 0 Å². The topological polar surface area (TPSA) is 71.5 Å². The number of benzene rings is 2. The number of aryl methyl sites for hydroxylation is 1. The average Bonchev–Trinajstić information content (AvgIpc) is 2.86. The molecule has 6 heteroatoms. The number of fused-ring (bicyclic) bond motifs is 1. The Balaban J connectivity index is 1.56. The molecule has 0 aliphatic carbocycles. The van der Waals surface area contributed by atoms with Gasteiger partial charge in [0.1, 0.15) is 5.75 Å². The van der Waals surface area contributed by atoms with E-state index in [9.17, 15) is 9.59 Å². The molecule has 4 rings (SSSR count). The highest BCUT2D eigenvalue weighted by Crippen LogP contribution is 2.38. The average molecular weight is 458 g/mol. The van der Waals surface area contributed by atoms with Crippen molar-refractivity contribution >= 4 is 11.8 Å². The maximum Gasteiger partial charge on any atom is 0.261 e. The van der Waals surface area contributed by atoms with Crippen LogP contribution in [0.3, 0.4) is 0 Å². The molecule has 6 nitrogen and oxygen atoms in total. The van der Waals surface area contributed by atoms with E-state index in [0.29, 0.717) is 25.3 Å². The molecule has 1 N–H and O–H groups in total. The van der Waals surface area contributed by atoms with Gasteiger partial charge in [0.25, 0.3) is 5.91 Å². The van der Waals surface area contributed by atoms with E-state index in [1.165, 1.54) is 5.56 Å². The van der Waals surface area contributed by atoms with Crippen molar-refractivity contribution in [3.8, 4) is 5.75 Å². The summed E-state index contributed by atoms with van der Waals surface area (Å²) in [7, 11) is 0. The Labute approximate surface area is 201 Å². The van der Waals surface area contributed by atoms with Crippen LogP contribution in [-0.2, 0) is 22.6 Å². The van der Waals surface area contributed by atoms with Crippen LogP contribution in [-0.4, -0.2) is 34.3 Å². The predicted octanol–water partition coefficient (Wildman–Crippen LogP) is 4.36. The van der Waals surface area contributed by atoms with Crippen LogP contribution in [0, 0.1) is 6.92 Å². The van der Waals surface area contributed by atoms with Gasteiger partial charge in [-0.25, -0.2) is 0 Å². The summed E-state index contributed by atoms with van der Waals surface area (Å²) in [5, 5.41) is 2.87. The number of pyridine rings is 1. The van der Waals surface area contributed by atoms with Gasteiger partial charge in [-0.05, 0) is 61.2 Å². The molecule has 1 aliphatic rings. The Kier molecular flexibility index (Phi) is 7.26. The van der Waals surface area contributed by atoms with Gasteiger partial charge in [-0.15, -0.1) is 0 Å². The molecule has 2 aromatic carbocycles. The van der Waals surface area contributed by atoms with E-state index in [2.05, 4.69) is 41.5 Å². The zero-order chi connectivity index (χ0) is 24.1. The number of nitrogens with zero attached hydrogens (tertiary/aromatic N) is 2. The van der Waals surface area contributed by atoms with Crippen LogP contribution < -0.4 is 10.1 Å². The third kappa shape index (κ3) is 5.28. The van der Waals surface area contributed by atoms with Crippen molar-refractivity contribution in [2.75, 3.05) is 6.54 Å². The molecule has 2 atom stereocenters. The second-order valence-corrected chi connectivity index (χ2v) is 8.67. The summed E-state index contributed by atoms with van der Waals surface area (Å²) in [5.41, 5.74) is 5.28. The fourth-order valence-corrected chi connectivity index (χ4v) is 4.42. The summed E-state index contributed by atoms with van der Waals surface area (Å²) in [5.74, 6) is 0.537. The number of ether oxygens (including phenoxy) is 1. The van der Waals surface area contributed by atoms with Gasteiger partial charge in [0.05, 0.1) is 18.3 Å². The summed E-state index contributed by atoms with van der Waals surface area (Å²) < 4.78 is 6.02. The summed E-state index contributed by atoms with van der Waals surface area (Å²) in [6.07, 6.45) is 2.28. The van der Waals surface area contributed by atoms with E-state index in [1.807, 2.05) is 48.2 Å². The largest absolute Gasteiger partial charge is 0.481 e. The van der Waals surface area contributed by atoms with E-state index in [1.54, 1.807) is 13.1 Å². The molecule has 2 heterocycles. The number of rotatable bonds is 7. The molecule has 2 unspecified atom stereocenters. The van der Waals surface area contributed by atoms with Crippen molar-refractivity contribution in [2.24, 2.45) is 0 Å². The lowest BCUT2D eigenvalue weighted by molar-refractivity contribution is -0.133. The van der Waals surface area contributed by atoms with Crippen molar-refractivity contribution in [3.05, 3.63) is 94.8 Å². The van der Waals surface area contributed by atoms with Crippen LogP contribution in [0.1, 0.15) is 54.3 Å². The van der Waals surface area contributed by atoms with Crippen LogP contribution in [0.4, 0.5) is 0 Å². The van der Waals surface area contributed by atoms with Crippen molar-refractivity contribution in [3.63, 3.8) is 0 Å². The van der Waals surface area contributed by atoms with Gasteiger partial charge < -0.3 is 15.0 Å². The molecule has 2 amide bonds. The lowest BCUT2D eigenvalue weighted by Gasteiger charge is -2.38. The highest BCUT2D eigenvalue weighted by molar-refractivity contribution is 5.80. The minimum Gasteiger partial charge on any atom is -0.481 e. The van der Waals surface area contributed by atoms with Crippen molar-refractivity contribution in [2.45, 2.75) is 52.3 Å². The van der Waals surface area contributed by atoms with Crippen LogP contribution in [0.2, 0.25) is 0 Å². The lowest BCUT2D eigenvalue weighted by atomic mass is 9.87. The van der Waals surface area contributed by atoms with Gasteiger partial charge in [0, 0.05) is 19.2 Å². The van der Waals surface area contributed by atoms with E-state index >= 15 is 0 Å². The molecule has 0 spiro atoms. The standard InChI is InChI=1S/C28H31N3O3/c1-4-26(32)31-15-13-21-11-12-24(17-25(21)27(31)22-9-7-8-19(2)16-22)34-20(3)28(33)30-18-23-10-5-6-14-29-23/h5-12,14,16-17,20,27H,4,13,15,18H2,1-3H3,(H,30,33). The zero-order valence-electron chi connectivity index (χ0n) is 20.0. The lowest BCUT2D eigenvalue weighted by Crippen LogP contribution is -2.40. The monoisotopic (exact) mass is 457 g/mol. The Morgan fingerprint density at radius 1 is 1.15 bits per heavy atom. The molecule has 34 heavy (non-hydrogen) atoms. The fraction of sp³-hybridized carbons (Fsp3) is 0.321. The highest BCUT2D eigenvalue weighted by atomic mass is 16.5. The predicted molar refractivity (Wildman–Crippen MR) is 131 cm³/mol.